The van der Waals surface area contributed by atoms with Gasteiger partial charge in [-0.25, -0.2) is 4.79 Å². The van der Waals surface area contributed by atoms with Crippen molar-refractivity contribution in [2.75, 3.05) is 44.8 Å². The second-order valence-corrected chi connectivity index (χ2v) is 7.99. The molecule has 2 N–H and O–H groups in total. The highest BCUT2D eigenvalue weighted by Gasteiger charge is 2.27. The number of carbonyl (C=O) groups excluding carboxylic acids is 1. The first-order chi connectivity index (χ1) is 13.8. The molecule has 2 fully saturated rings. The third kappa shape index (κ3) is 5.63. The molecule has 2 aromatic rings. The van der Waals surface area contributed by atoms with Crippen molar-refractivity contribution in [1.82, 2.24) is 20.4 Å². The van der Waals surface area contributed by atoms with Crippen molar-refractivity contribution in [3.05, 3.63) is 34.8 Å². The van der Waals surface area contributed by atoms with E-state index >= 15 is 0 Å². The molecule has 1 aliphatic carbocycles. The molecule has 0 spiro atoms. The van der Waals surface area contributed by atoms with E-state index in [1.807, 2.05) is 24.3 Å². The summed E-state index contributed by atoms with van der Waals surface area (Å²) in [5, 5.41) is 15.3. The Morgan fingerprint density at radius 3 is 2.96 bits per heavy atom. The molecular weight excluding hydrogens is 378 g/mol. The zero-order chi connectivity index (χ0) is 19.2. The monoisotopic (exact) mass is 403 g/mol. The lowest BCUT2D eigenvalue weighted by molar-refractivity contribution is 0.0322. The minimum absolute atomic E-state index is 0.280. The smallest absolute Gasteiger partial charge is 0.321 e. The topological polar surface area (TPSA) is 88.6 Å². The molecule has 1 aliphatic heterocycles. The normalized spacial score (nSPS) is 17.3. The fourth-order valence-electron chi connectivity index (χ4n) is 2.97. The van der Waals surface area contributed by atoms with Crippen LogP contribution in [0.1, 0.15) is 29.3 Å². The number of hydrogen-bond donors (Lipinski definition) is 2. The predicted octanol–water partition coefficient (Wildman–Crippen LogP) is 2.45. The van der Waals surface area contributed by atoms with Gasteiger partial charge in [-0.2, -0.15) is 0 Å². The quantitative estimate of drug-likeness (QED) is 0.704. The van der Waals surface area contributed by atoms with Crippen LogP contribution in [0.5, 0.6) is 5.75 Å². The van der Waals surface area contributed by atoms with E-state index in [0.29, 0.717) is 24.2 Å². The number of amides is 2. The molecule has 0 bridgehead atoms. The summed E-state index contributed by atoms with van der Waals surface area (Å²) < 4.78 is 11.2. The molecule has 0 unspecified atom stereocenters. The average Bonchev–Trinajstić information content (AvgIpc) is 3.47. The van der Waals surface area contributed by atoms with Gasteiger partial charge in [-0.15, -0.1) is 10.2 Å². The summed E-state index contributed by atoms with van der Waals surface area (Å²) in [4.78, 5) is 14.4. The number of nitrogens with zero attached hydrogens (tertiary/aromatic N) is 3. The number of urea groups is 1. The van der Waals surface area contributed by atoms with Gasteiger partial charge in [0.15, 0.2) is 0 Å². The van der Waals surface area contributed by atoms with Crippen molar-refractivity contribution in [2.45, 2.75) is 25.3 Å². The van der Waals surface area contributed by atoms with E-state index in [4.69, 9.17) is 9.47 Å². The SMILES string of the molecule is O=C(NCc1cccc(OCCN2CCOCC2)c1)Nc1nnc(C2CC2)s1. The zero-order valence-corrected chi connectivity index (χ0v) is 16.5. The van der Waals surface area contributed by atoms with Crippen LogP contribution in [0.3, 0.4) is 0 Å². The van der Waals surface area contributed by atoms with Crippen molar-refractivity contribution in [2.24, 2.45) is 0 Å². The minimum Gasteiger partial charge on any atom is -0.492 e. The number of morpholine rings is 1. The third-order valence-electron chi connectivity index (χ3n) is 4.72. The summed E-state index contributed by atoms with van der Waals surface area (Å²) in [6.45, 7) is 5.44. The molecule has 4 rings (SSSR count). The van der Waals surface area contributed by atoms with Crippen LogP contribution in [0.2, 0.25) is 0 Å². The second kappa shape index (κ2) is 9.31. The first-order valence-corrected chi connectivity index (χ1v) is 10.5. The van der Waals surface area contributed by atoms with E-state index in [0.717, 1.165) is 49.2 Å². The van der Waals surface area contributed by atoms with E-state index in [-0.39, 0.29) is 6.03 Å². The second-order valence-electron chi connectivity index (χ2n) is 6.98. The molecule has 1 aromatic heterocycles. The van der Waals surface area contributed by atoms with E-state index < -0.39 is 0 Å². The van der Waals surface area contributed by atoms with Gasteiger partial charge in [-0.1, -0.05) is 23.5 Å². The molecule has 8 nitrogen and oxygen atoms in total. The molecule has 2 heterocycles. The largest absolute Gasteiger partial charge is 0.492 e. The molecule has 1 aromatic carbocycles. The Balaban J connectivity index is 1.19. The van der Waals surface area contributed by atoms with Crippen molar-refractivity contribution < 1.29 is 14.3 Å². The van der Waals surface area contributed by atoms with Crippen LogP contribution in [0.15, 0.2) is 24.3 Å². The summed E-state index contributed by atoms with van der Waals surface area (Å²) in [5.74, 6) is 1.35. The number of ether oxygens (including phenoxy) is 2. The summed E-state index contributed by atoms with van der Waals surface area (Å²) in [7, 11) is 0. The van der Waals surface area contributed by atoms with Crippen LogP contribution < -0.4 is 15.4 Å². The molecule has 2 amide bonds. The number of hydrogen-bond acceptors (Lipinski definition) is 7. The van der Waals surface area contributed by atoms with Crippen LogP contribution in [-0.2, 0) is 11.3 Å². The lowest BCUT2D eigenvalue weighted by atomic mass is 10.2. The molecule has 0 atom stereocenters. The Morgan fingerprint density at radius 1 is 1.29 bits per heavy atom. The summed E-state index contributed by atoms with van der Waals surface area (Å²) >= 11 is 1.45. The van der Waals surface area contributed by atoms with Gasteiger partial charge in [-0.05, 0) is 30.5 Å². The van der Waals surface area contributed by atoms with Crippen LogP contribution in [0.4, 0.5) is 9.93 Å². The number of nitrogens with one attached hydrogen (secondary N) is 2. The number of anilines is 1. The van der Waals surface area contributed by atoms with Gasteiger partial charge in [0.2, 0.25) is 5.13 Å². The van der Waals surface area contributed by atoms with E-state index in [2.05, 4.69) is 25.7 Å². The Kier molecular flexibility index (Phi) is 6.35. The molecule has 0 radical (unpaired) electrons. The summed E-state index contributed by atoms with van der Waals surface area (Å²) in [6, 6.07) is 7.51. The van der Waals surface area contributed by atoms with Crippen molar-refractivity contribution in [3.8, 4) is 5.75 Å². The van der Waals surface area contributed by atoms with E-state index in [9.17, 15) is 4.79 Å². The van der Waals surface area contributed by atoms with Crippen LogP contribution in [-0.4, -0.2) is 60.6 Å². The van der Waals surface area contributed by atoms with Crippen LogP contribution in [0, 0.1) is 0 Å². The predicted molar refractivity (Wildman–Crippen MR) is 107 cm³/mol. The number of benzene rings is 1. The molecule has 2 aliphatic rings. The molecule has 9 heteroatoms. The minimum atomic E-state index is -0.280. The fraction of sp³-hybridized carbons (Fsp3) is 0.526. The highest BCUT2D eigenvalue weighted by atomic mass is 32.1. The maximum atomic E-state index is 12.1. The first-order valence-electron chi connectivity index (χ1n) is 9.66. The van der Waals surface area contributed by atoms with Gasteiger partial charge in [0.1, 0.15) is 17.4 Å². The highest BCUT2D eigenvalue weighted by Crippen LogP contribution is 2.41. The summed E-state index contributed by atoms with van der Waals surface area (Å²) in [5.41, 5.74) is 0.981. The Labute approximate surface area is 168 Å². The first kappa shape index (κ1) is 19.1. The van der Waals surface area contributed by atoms with E-state index in [1.165, 1.54) is 24.2 Å². The van der Waals surface area contributed by atoms with E-state index in [1.54, 1.807) is 0 Å². The number of aromatic nitrogens is 2. The van der Waals surface area contributed by atoms with Gasteiger partial charge in [0.05, 0.1) is 13.2 Å². The lowest BCUT2D eigenvalue weighted by Crippen LogP contribution is -2.38. The maximum Gasteiger partial charge on any atom is 0.321 e. The Bertz CT molecular complexity index is 789. The van der Waals surface area contributed by atoms with Crippen LogP contribution >= 0.6 is 11.3 Å². The Hall–Kier alpha value is -2.23. The summed E-state index contributed by atoms with van der Waals surface area (Å²) in [6.07, 6.45) is 2.34. The Morgan fingerprint density at radius 2 is 2.14 bits per heavy atom. The maximum absolute atomic E-state index is 12.1. The average molecular weight is 404 g/mol. The van der Waals surface area contributed by atoms with Gasteiger partial charge in [0, 0.05) is 32.1 Å². The highest BCUT2D eigenvalue weighted by molar-refractivity contribution is 7.15. The van der Waals surface area contributed by atoms with Crippen molar-refractivity contribution >= 4 is 22.5 Å². The van der Waals surface area contributed by atoms with Gasteiger partial charge >= 0.3 is 6.03 Å². The van der Waals surface area contributed by atoms with Gasteiger partial charge in [0.25, 0.3) is 0 Å². The fourth-order valence-corrected chi connectivity index (χ4v) is 3.87. The lowest BCUT2D eigenvalue weighted by Gasteiger charge is -2.26. The molecule has 1 saturated heterocycles. The van der Waals surface area contributed by atoms with Crippen molar-refractivity contribution in [1.29, 1.82) is 0 Å². The zero-order valence-electron chi connectivity index (χ0n) is 15.7. The molecule has 150 valence electrons. The number of carbonyl (C=O) groups is 1. The third-order valence-corrected chi connectivity index (χ3v) is 5.72. The van der Waals surface area contributed by atoms with Crippen molar-refractivity contribution in [3.63, 3.8) is 0 Å². The molecular formula is C19H25N5O3S. The standard InChI is InChI=1S/C19H25N5O3S/c25-18(21-19-23-22-17(28-19)15-4-5-15)20-13-14-2-1-3-16(12-14)27-11-8-24-6-9-26-10-7-24/h1-3,12,15H,4-11,13H2,(H2,20,21,23,25). The molecule has 28 heavy (non-hydrogen) atoms. The van der Waals surface area contributed by atoms with Crippen LogP contribution in [0.25, 0.3) is 0 Å². The molecule has 1 saturated carbocycles. The van der Waals surface area contributed by atoms with Gasteiger partial charge in [-0.3, -0.25) is 10.2 Å². The number of rotatable bonds is 8. The van der Waals surface area contributed by atoms with Gasteiger partial charge < -0.3 is 14.8 Å².